The van der Waals surface area contributed by atoms with Gasteiger partial charge in [-0.05, 0) is 18.6 Å². The number of carbonyl (C=O) groups is 2. The predicted molar refractivity (Wildman–Crippen MR) is 91.0 cm³/mol. The fourth-order valence-corrected chi connectivity index (χ4v) is 2.69. The minimum Gasteiger partial charge on any atom is -0.478 e. The lowest BCUT2D eigenvalue weighted by molar-refractivity contribution is -0.137. The van der Waals surface area contributed by atoms with Gasteiger partial charge in [0, 0.05) is 17.2 Å². The van der Waals surface area contributed by atoms with Crippen molar-refractivity contribution < 1.29 is 27.9 Å². The standard InChI is InChI=1S/C19H20F3NO3/c1-11-13(17(25)26)9-23(10-15(24)18(2,3)4)16(11)12-7-5-6-8-14(12)19(20,21)22/h5-9H,10H2,1-4H3,(H,25,26). The minimum atomic E-state index is -4.60. The number of hydrogen-bond acceptors (Lipinski definition) is 2. The van der Waals surface area contributed by atoms with E-state index in [1.54, 1.807) is 20.8 Å². The molecular formula is C19H20F3NO3. The topological polar surface area (TPSA) is 59.3 Å². The van der Waals surface area contributed by atoms with Crippen LogP contribution in [0.25, 0.3) is 11.3 Å². The number of aromatic nitrogens is 1. The van der Waals surface area contributed by atoms with Gasteiger partial charge >= 0.3 is 12.1 Å². The number of Topliss-reactive ketones (excluding diaryl/α,β-unsaturated/α-hetero) is 1. The second-order valence-corrected chi connectivity index (χ2v) is 7.17. The maximum atomic E-state index is 13.4. The molecule has 0 radical (unpaired) electrons. The number of alkyl halides is 3. The summed E-state index contributed by atoms with van der Waals surface area (Å²) >= 11 is 0. The molecule has 2 aromatic rings. The van der Waals surface area contributed by atoms with Crippen molar-refractivity contribution in [1.29, 1.82) is 0 Å². The van der Waals surface area contributed by atoms with Crippen molar-refractivity contribution >= 4 is 11.8 Å². The van der Waals surface area contributed by atoms with E-state index in [9.17, 15) is 27.9 Å². The molecule has 2 rings (SSSR count). The van der Waals surface area contributed by atoms with E-state index in [1.165, 1.54) is 35.9 Å². The number of carboxylic acid groups (broad SMARTS) is 1. The Morgan fingerprint density at radius 3 is 2.19 bits per heavy atom. The Morgan fingerprint density at radius 2 is 1.69 bits per heavy atom. The Hall–Kier alpha value is -2.57. The Kier molecular flexibility index (Phi) is 5.03. The molecule has 0 saturated heterocycles. The van der Waals surface area contributed by atoms with Crippen LogP contribution in [0.4, 0.5) is 13.2 Å². The number of rotatable bonds is 4. The van der Waals surface area contributed by atoms with Crippen LogP contribution in [0.2, 0.25) is 0 Å². The summed E-state index contributed by atoms with van der Waals surface area (Å²) in [7, 11) is 0. The van der Waals surface area contributed by atoms with Crippen molar-refractivity contribution in [3.8, 4) is 11.3 Å². The summed E-state index contributed by atoms with van der Waals surface area (Å²) in [4.78, 5) is 23.9. The van der Waals surface area contributed by atoms with Gasteiger partial charge in [0.25, 0.3) is 0 Å². The van der Waals surface area contributed by atoms with Gasteiger partial charge in [0.1, 0.15) is 0 Å². The zero-order valence-electron chi connectivity index (χ0n) is 14.9. The molecule has 7 heteroatoms. The van der Waals surface area contributed by atoms with Crippen LogP contribution in [0.1, 0.15) is 42.3 Å². The number of nitrogens with zero attached hydrogens (tertiary/aromatic N) is 1. The maximum absolute atomic E-state index is 13.4. The molecule has 0 saturated carbocycles. The Morgan fingerprint density at radius 1 is 1.12 bits per heavy atom. The van der Waals surface area contributed by atoms with E-state index in [4.69, 9.17) is 0 Å². The Labute approximate surface area is 149 Å². The number of hydrogen-bond donors (Lipinski definition) is 1. The summed E-state index contributed by atoms with van der Waals surface area (Å²) in [6.07, 6.45) is -3.38. The average Bonchev–Trinajstić information content (AvgIpc) is 2.82. The maximum Gasteiger partial charge on any atom is 0.417 e. The second kappa shape index (κ2) is 6.63. The van der Waals surface area contributed by atoms with Crippen LogP contribution < -0.4 is 0 Å². The van der Waals surface area contributed by atoms with E-state index >= 15 is 0 Å². The third kappa shape index (κ3) is 3.81. The molecule has 0 bridgehead atoms. The first-order valence-electron chi connectivity index (χ1n) is 7.97. The van der Waals surface area contributed by atoms with Crippen LogP contribution in [0.3, 0.4) is 0 Å². The van der Waals surface area contributed by atoms with E-state index in [1.807, 2.05) is 0 Å². The first-order valence-corrected chi connectivity index (χ1v) is 7.97. The highest BCUT2D eigenvalue weighted by Crippen LogP contribution is 2.39. The summed E-state index contributed by atoms with van der Waals surface area (Å²) in [6, 6.07) is 4.95. The first kappa shape index (κ1) is 19.8. The first-order chi connectivity index (χ1) is 11.8. The molecule has 140 valence electrons. The third-order valence-electron chi connectivity index (χ3n) is 4.20. The number of aromatic carboxylic acids is 1. The van der Waals surface area contributed by atoms with E-state index in [2.05, 4.69) is 0 Å². The number of benzene rings is 1. The monoisotopic (exact) mass is 367 g/mol. The van der Waals surface area contributed by atoms with Gasteiger partial charge in [-0.25, -0.2) is 4.79 Å². The van der Waals surface area contributed by atoms with Crippen molar-refractivity contribution in [2.45, 2.75) is 40.4 Å². The van der Waals surface area contributed by atoms with Crippen LogP contribution in [-0.4, -0.2) is 21.4 Å². The van der Waals surface area contributed by atoms with Crippen molar-refractivity contribution in [2.24, 2.45) is 5.41 Å². The average molecular weight is 367 g/mol. The molecule has 1 aromatic carbocycles. The highest BCUT2D eigenvalue weighted by molar-refractivity contribution is 5.93. The number of carbonyl (C=O) groups excluding carboxylic acids is 1. The molecule has 1 heterocycles. The van der Waals surface area contributed by atoms with Gasteiger partial charge in [-0.15, -0.1) is 0 Å². The zero-order chi connectivity index (χ0) is 19.9. The highest BCUT2D eigenvalue weighted by Gasteiger charge is 2.35. The van der Waals surface area contributed by atoms with Crippen molar-refractivity contribution in [1.82, 2.24) is 4.57 Å². The lowest BCUT2D eigenvalue weighted by Gasteiger charge is -2.20. The second-order valence-electron chi connectivity index (χ2n) is 7.17. The molecule has 4 nitrogen and oxygen atoms in total. The predicted octanol–water partition coefficient (Wildman–Crippen LogP) is 4.80. The summed E-state index contributed by atoms with van der Waals surface area (Å²) in [6.45, 7) is 6.34. The van der Waals surface area contributed by atoms with Gasteiger partial charge in [0.2, 0.25) is 0 Å². The summed E-state index contributed by atoms with van der Waals surface area (Å²) in [5.41, 5.74) is -1.57. The summed E-state index contributed by atoms with van der Waals surface area (Å²) < 4.78 is 41.6. The van der Waals surface area contributed by atoms with Crippen LogP contribution in [0.5, 0.6) is 0 Å². The van der Waals surface area contributed by atoms with Gasteiger partial charge in [0.05, 0.1) is 23.4 Å². The molecule has 0 fully saturated rings. The Bertz CT molecular complexity index is 858. The number of carboxylic acids is 1. The minimum absolute atomic E-state index is 0.0907. The van der Waals surface area contributed by atoms with E-state index in [0.29, 0.717) is 0 Å². The molecule has 0 unspecified atom stereocenters. The zero-order valence-corrected chi connectivity index (χ0v) is 14.9. The molecule has 0 atom stereocenters. The molecule has 0 aliphatic rings. The fourth-order valence-electron chi connectivity index (χ4n) is 2.69. The van der Waals surface area contributed by atoms with Crippen LogP contribution in [0.15, 0.2) is 30.5 Å². The van der Waals surface area contributed by atoms with Crippen molar-refractivity contribution in [2.75, 3.05) is 0 Å². The lowest BCUT2D eigenvalue weighted by atomic mass is 9.90. The van der Waals surface area contributed by atoms with Gasteiger partial charge < -0.3 is 9.67 Å². The summed E-state index contributed by atoms with van der Waals surface area (Å²) in [5.74, 6) is -1.47. The van der Waals surface area contributed by atoms with Gasteiger partial charge in [-0.2, -0.15) is 13.2 Å². The summed E-state index contributed by atoms with van der Waals surface area (Å²) in [5, 5.41) is 9.35. The van der Waals surface area contributed by atoms with Crippen molar-refractivity contribution in [3.63, 3.8) is 0 Å². The van der Waals surface area contributed by atoms with E-state index in [0.717, 1.165) is 6.07 Å². The molecule has 0 amide bonds. The van der Waals surface area contributed by atoms with E-state index in [-0.39, 0.29) is 34.7 Å². The molecule has 1 N–H and O–H groups in total. The molecule has 0 spiro atoms. The normalized spacial score (nSPS) is 12.3. The molecule has 1 aromatic heterocycles. The van der Waals surface area contributed by atoms with E-state index < -0.39 is 23.1 Å². The molecular weight excluding hydrogens is 347 g/mol. The third-order valence-corrected chi connectivity index (χ3v) is 4.20. The number of ketones is 1. The van der Waals surface area contributed by atoms with Crippen LogP contribution >= 0.6 is 0 Å². The van der Waals surface area contributed by atoms with Crippen LogP contribution in [0, 0.1) is 12.3 Å². The molecule has 26 heavy (non-hydrogen) atoms. The smallest absolute Gasteiger partial charge is 0.417 e. The molecule has 0 aliphatic carbocycles. The van der Waals surface area contributed by atoms with Gasteiger partial charge in [-0.3, -0.25) is 4.79 Å². The number of halogens is 3. The largest absolute Gasteiger partial charge is 0.478 e. The van der Waals surface area contributed by atoms with Crippen LogP contribution in [-0.2, 0) is 17.5 Å². The fraction of sp³-hybridized carbons (Fsp3) is 0.368. The van der Waals surface area contributed by atoms with Crippen molar-refractivity contribution in [3.05, 3.63) is 47.2 Å². The highest BCUT2D eigenvalue weighted by atomic mass is 19.4. The molecule has 0 aliphatic heterocycles. The SMILES string of the molecule is Cc1c(C(=O)O)cn(CC(=O)C(C)(C)C)c1-c1ccccc1C(F)(F)F. The van der Waals surface area contributed by atoms with Gasteiger partial charge in [-0.1, -0.05) is 39.0 Å². The Balaban J connectivity index is 2.73. The van der Waals surface area contributed by atoms with Gasteiger partial charge in [0.15, 0.2) is 5.78 Å². The lowest BCUT2D eigenvalue weighted by Crippen LogP contribution is -2.25. The quantitative estimate of drug-likeness (QED) is 0.845.